The SMILES string of the molecule is CCn1cnc(NC(=O)CN2C(=O)NC(C)(c3ccc(F)cc3)C2=O)c1. The predicted octanol–water partition coefficient (Wildman–Crippen LogP) is 1.45. The van der Waals surface area contributed by atoms with Crippen molar-refractivity contribution in [1.82, 2.24) is 19.8 Å². The van der Waals surface area contributed by atoms with Crippen molar-refractivity contribution in [1.29, 1.82) is 0 Å². The number of amides is 4. The van der Waals surface area contributed by atoms with Crippen molar-refractivity contribution >= 4 is 23.7 Å². The van der Waals surface area contributed by atoms with Gasteiger partial charge in [-0.15, -0.1) is 0 Å². The molecule has 0 spiro atoms. The van der Waals surface area contributed by atoms with Gasteiger partial charge < -0.3 is 15.2 Å². The average molecular weight is 359 g/mol. The van der Waals surface area contributed by atoms with Crippen LogP contribution in [-0.2, 0) is 21.7 Å². The number of imide groups is 1. The minimum absolute atomic E-state index is 0.338. The summed E-state index contributed by atoms with van der Waals surface area (Å²) in [5.74, 6) is -1.23. The molecule has 1 aliphatic rings. The van der Waals surface area contributed by atoms with Crippen LogP contribution in [0.25, 0.3) is 0 Å². The fourth-order valence-electron chi connectivity index (χ4n) is 2.74. The quantitative estimate of drug-likeness (QED) is 0.790. The summed E-state index contributed by atoms with van der Waals surface area (Å²) >= 11 is 0. The number of carbonyl (C=O) groups is 3. The van der Waals surface area contributed by atoms with Gasteiger partial charge in [0.25, 0.3) is 5.91 Å². The fraction of sp³-hybridized carbons (Fsp3) is 0.294. The number of halogens is 1. The fourth-order valence-corrected chi connectivity index (χ4v) is 2.74. The number of aryl methyl sites for hydroxylation is 1. The number of nitrogens with zero attached hydrogens (tertiary/aromatic N) is 3. The van der Waals surface area contributed by atoms with Gasteiger partial charge in [-0.1, -0.05) is 12.1 Å². The van der Waals surface area contributed by atoms with Crippen LogP contribution in [0.1, 0.15) is 19.4 Å². The molecule has 1 aromatic carbocycles. The molecule has 0 aliphatic carbocycles. The van der Waals surface area contributed by atoms with E-state index in [-0.39, 0.29) is 0 Å². The summed E-state index contributed by atoms with van der Waals surface area (Å²) in [6.45, 7) is 3.70. The van der Waals surface area contributed by atoms with E-state index in [1.807, 2.05) is 6.92 Å². The lowest BCUT2D eigenvalue weighted by Gasteiger charge is -2.22. The second kappa shape index (κ2) is 6.58. The van der Waals surface area contributed by atoms with Crippen molar-refractivity contribution in [3.8, 4) is 0 Å². The maximum Gasteiger partial charge on any atom is 0.325 e. The molecule has 2 heterocycles. The molecule has 2 N–H and O–H groups in total. The molecule has 1 unspecified atom stereocenters. The van der Waals surface area contributed by atoms with Crippen LogP contribution < -0.4 is 10.6 Å². The van der Waals surface area contributed by atoms with E-state index in [9.17, 15) is 18.8 Å². The Labute approximate surface area is 149 Å². The highest BCUT2D eigenvalue weighted by Crippen LogP contribution is 2.28. The van der Waals surface area contributed by atoms with E-state index in [0.29, 0.717) is 17.9 Å². The summed E-state index contributed by atoms with van der Waals surface area (Å²) in [4.78, 5) is 41.9. The third kappa shape index (κ3) is 3.15. The molecule has 136 valence electrons. The van der Waals surface area contributed by atoms with E-state index >= 15 is 0 Å². The van der Waals surface area contributed by atoms with Crippen LogP contribution in [0.4, 0.5) is 15.0 Å². The molecule has 2 aromatic rings. The second-order valence-corrected chi connectivity index (χ2v) is 6.09. The Hall–Kier alpha value is -3.23. The average Bonchev–Trinajstić information content (AvgIpc) is 3.14. The van der Waals surface area contributed by atoms with Crippen LogP contribution in [0, 0.1) is 5.82 Å². The van der Waals surface area contributed by atoms with Crippen LogP contribution in [-0.4, -0.2) is 38.8 Å². The van der Waals surface area contributed by atoms with Gasteiger partial charge in [0.15, 0.2) is 5.82 Å². The zero-order valence-corrected chi connectivity index (χ0v) is 14.3. The number of carbonyl (C=O) groups excluding carboxylic acids is 3. The first-order chi connectivity index (χ1) is 12.3. The summed E-state index contributed by atoms with van der Waals surface area (Å²) < 4.78 is 14.9. The molecule has 1 atom stereocenters. The molecule has 0 bridgehead atoms. The standard InChI is InChI=1S/C17H18FN5O3/c1-3-22-8-13(19-10-22)20-14(24)9-23-15(25)17(2,21-16(23)26)11-4-6-12(18)7-5-11/h4-8,10H,3,9H2,1-2H3,(H,20,24)(H,21,26). The number of anilines is 1. The highest BCUT2D eigenvalue weighted by Gasteiger charge is 2.49. The van der Waals surface area contributed by atoms with Crippen molar-refractivity contribution in [3.05, 3.63) is 48.2 Å². The molecule has 9 heteroatoms. The van der Waals surface area contributed by atoms with Crippen LogP contribution >= 0.6 is 0 Å². The van der Waals surface area contributed by atoms with Gasteiger partial charge in [-0.3, -0.25) is 14.5 Å². The molecule has 0 saturated carbocycles. The smallest absolute Gasteiger partial charge is 0.325 e. The molecule has 1 aromatic heterocycles. The normalized spacial score (nSPS) is 19.6. The minimum Gasteiger partial charge on any atom is -0.336 e. The maximum atomic E-state index is 13.1. The Morgan fingerprint density at radius 1 is 1.31 bits per heavy atom. The first-order valence-corrected chi connectivity index (χ1v) is 8.05. The summed E-state index contributed by atoms with van der Waals surface area (Å²) in [5, 5.41) is 5.11. The zero-order valence-electron chi connectivity index (χ0n) is 14.3. The van der Waals surface area contributed by atoms with Crippen molar-refractivity contribution < 1.29 is 18.8 Å². The van der Waals surface area contributed by atoms with Gasteiger partial charge in [0.1, 0.15) is 17.9 Å². The molecule has 1 fully saturated rings. The van der Waals surface area contributed by atoms with E-state index in [1.165, 1.54) is 31.2 Å². The summed E-state index contributed by atoms with van der Waals surface area (Å²) in [6.07, 6.45) is 3.21. The number of imidazole rings is 1. The van der Waals surface area contributed by atoms with E-state index in [0.717, 1.165) is 4.90 Å². The van der Waals surface area contributed by atoms with Crippen molar-refractivity contribution in [2.45, 2.75) is 25.9 Å². The van der Waals surface area contributed by atoms with Gasteiger partial charge in [0, 0.05) is 12.7 Å². The zero-order chi connectivity index (χ0) is 18.9. The predicted molar refractivity (Wildman–Crippen MR) is 90.5 cm³/mol. The third-order valence-electron chi connectivity index (χ3n) is 4.26. The number of urea groups is 1. The second-order valence-electron chi connectivity index (χ2n) is 6.09. The molecule has 1 saturated heterocycles. The van der Waals surface area contributed by atoms with Gasteiger partial charge in [-0.2, -0.15) is 0 Å². The first-order valence-electron chi connectivity index (χ1n) is 8.05. The molecule has 0 radical (unpaired) electrons. The topological polar surface area (TPSA) is 96.3 Å². The highest BCUT2D eigenvalue weighted by molar-refractivity contribution is 6.10. The van der Waals surface area contributed by atoms with Crippen LogP contribution in [0.3, 0.4) is 0 Å². The van der Waals surface area contributed by atoms with Gasteiger partial charge in [-0.25, -0.2) is 14.2 Å². The number of rotatable bonds is 5. The first kappa shape index (κ1) is 17.6. The Balaban J connectivity index is 1.72. The van der Waals surface area contributed by atoms with Gasteiger partial charge in [-0.05, 0) is 31.5 Å². The molecule has 3 rings (SSSR count). The molecule has 4 amide bonds. The number of aromatic nitrogens is 2. The third-order valence-corrected chi connectivity index (χ3v) is 4.26. The van der Waals surface area contributed by atoms with Gasteiger partial charge in [0.05, 0.1) is 6.33 Å². The summed E-state index contributed by atoms with van der Waals surface area (Å²) in [7, 11) is 0. The lowest BCUT2D eigenvalue weighted by molar-refractivity contribution is -0.133. The molecule has 26 heavy (non-hydrogen) atoms. The number of hydrogen-bond acceptors (Lipinski definition) is 4. The Kier molecular flexibility index (Phi) is 4.45. The molecular formula is C17H18FN5O3. The van der Waals surface area contributed by atoms with E-state index < -0.39 is 35.7 Å². The Morgan fingerprint density at radius 3 is 2.62 bits per heavy atom. The monoisotopic (exact) mass is 359 g/mol. The number of nitrogens with one attached hydrogen (secondary N) is 2. The lowest BCUT2D eigenvalue weighted by atomic mass is 9.92. The minimum atomic E-state index is -1.35. The van der Waals surface area contributed by atoms with E-state index in [2.05, 4.69) is 15.6 Å². The van der Waals surface area contributed by atoms with E-state index in [1.54, 1.807) is 17.1 Å². The molecule has 8 nitrogen and oxygen atoms in total. The highest BCUT2D eigenvalue weighted by atomic mass is 19.1. The van der Waals surface area contributed by atoms with Crippen LogP contribution in [0.15, 0.2) is 36.8 Å². The maximum absolute atomic E-state index is 13.1. The molecule has 1 aliphatic heterocycles. The largest absolute Gasteiger partial charge is 0.336 e. The number of hydrogen-bond donors (Lipinski definition) is 2. The Bertz CT molecular complexity index is 864. The van der Waals surface area contributed by atoms with Crippen LogP contribution in [0.2, 0.25) is 0 Å². The summed E-state index contributed by atoms with van der Waals surface area (Å²) in [6, 6.07) is 4.58. The lowest BCUT2D eigenvalue weighted by Crippen LogP contribution is -2.42. The van der Waals surface area contributed by atoms with Crippen molar-refractivity contribution in [2.75, 3.05) is 11.9 Å². The van der Waals surface area contributed by atoms with Crippen LogP contribution in [0.5, 0.6) is 0 Å². The van der Waals surface area contributed by atoms with Crippen molar-refractivity contribution in [2.24, 2.45) is 0 Å². The summed E-state index contributed by atoms with van der Waals surface area (Å²) in [5.41, 5.74) is -0.920. The molecular weight excluding hydrogens is 341 g/mol. The number of benzene rings is 1. The van der Waals surface area contributed by atoms with Crippen molar-refractivity contribution in [3.63, 3.8) is 0 Å². The van der Waals surface area contributed by atoms with Gasteiger partial charge in [0.2, 0.25) is 5.91 Å². The van der Waals surface area contributed by atoms with E-state index in [4.69, 9.17) is 0 Å². The Morgan fingerprint density at radius 2 is 2.00 bits per heavy atom. The van der Waals surface area contributed by atoms with Gasteiger partial charge >= 0.3 is 6.03 Å².